The van der Waals surface area contributed by atoms with Crippen molar-refractivity contribution in [3.05, 3.63) is 101 Å². The number of hydrogen-bond donors (Lipinski definition) is 0. The maximum Gasteiger partial charge on any atom is 0.227 e. The van der Waals surface area contributed by atoms with Crippen LogP contribution in [0.3, 0.4) is 0 Å². The second kappa shape index (κ2) is 8.78. The molecule has 1 aliphatic rings. The highest BCUT2D eigenvalue weighted by Crippen LogP contribution is 2.37. The maximum atomic E-state index is 14.3. The highest BCUT2D eigenvalue weighted by Gasteiger charge is 2.29. The Hall–Kier alpha value is -3.02. The number of hydrogen-bond acceptors (Lipinski definition) is 4. The van der Waals surface area contributed by atoms with Gasteiger partial charge >= 0.3 is 0 Å². The first-order valence-electron chi connectivity index (χ1n) is 9.93. The van der Waals surface area contributed by atoms with Crippen molar-refractivity contribution in [2.75, 3.05) is 14.1 Å². The molecule has 0 fully saturated rings. The Bertz CT molecular complexity index is 1020. The zero-order valence-electron chi connectivity index (χ0n) is 17.0. The van der Waals surface area contributed by atoms with Gasteiger partial charge in [-0.15, -0.1) is 0 Å². The number of nitrogens with zero attached hydrogens (tertiary/aromatic N) is 1. The molecule has 0 aromatic heterocycles. The first-order valence-corrected chi connectivity index (χ1v) is 9.93. The minimum atomic E-state index is -0.564. The molecule has 3 aromatic rings. The molecule has 3 aromatic carbocycles. The van der Waals surface area contributed by atoms with Gasteiger partial charge in [0.15, 0.2) is 5.78 Å². The fraction of sp³-hybridized carbons (Fsp3) is 0.240. The highest BCUT2D eigenvalue weighted by atomic mass is 19.1. The number of halogens is 1. The van der Waals surface area contributed by atoms with Gasteiger partial charge in [-0.25, -0.2) is 4.39 Å². The number of ether oxygens (including phenoxy) is 2. The fourth-order valence-electron chi connectivity index (χ4n) is 3.72. The van der Waals surface area contributed by atoms with Crippen LogP contribution in [0.25, 0.3) is 0 Å². The van der Waals surface area contributed by atoms with E-state index in [1.807, 2.05) is 67.5 Å². The average Bonchev–Trinajstić information content (AvgIpc) is 2.77. The predicted octanol–water partition coefficient (Wildman–Crippen LogP) is 4.79. The van der Waals surface area contributed by atoms with E-state index in [1.165, 1.54) is 12.1 Å². The lowest BCUT2D eigenvalue weighted by molar-refractivity contribution is -0.112. The van der Waals surface area contributed by atoms with Crippen LogP contribution in [0.5, 0.6) is 5.75 Å². The van der Waals surface area contributed by atoms with Gasteiger partial charge in [0.25, 0.3) is 0 Å². The SMILES string of the molecule is CN(C)[C@H](Cc1cc(F)cc2c1O[C@H](c1ccccc1)OC2)C(=O)c1ccccc1. The summed E-state index contributed by atoms with van der Waals surface area (Å²) in [6.45, 7) is 0.249. The summed E-state index contributed by atoms with van der Waals surface area (Å²) in [5.74, 6) is 0.230. The van der Waals surface area contributed by atoms with E-state index in [0.29, 0.717) is 28.9 Å². The van der Waals surface area contributed by atoms with E-state index in [2.05, 4.69) is 0 Å². The molecule has 2 atom stereocenters. The standard InChI is InChI=1S/C25H24FNO3/c1-27(2)22(23(28)17-9-5-3-6-10-17)15-19-13-21(26)14-20-16-29-25(30-24(19)20)18-11-7-4-8-12-18/h3-14,22,25H,15-16H2,1-2H3/t22-,25-/m1/s1. The molecular weight excluding hydrogens is 381 g/mol. The monoisotopic (exact) mass is 405 g/mol. The number of benzene rings is 3. The van der Waals surface area contributed by atoms with Crippen molar-refractivity contribution < 1.29 is 18.7 Å². The van der Waals surface area contributed by atoms with Crippen LogP contribution in [0.15, 0.2) is 72.8 Å². The fourth-order valence-corrected chi connectivity index (χ4v) is 3.72. The number of carbonyl (C=O) groups excluding carboxylic acids is 1. The summed E-state index contributed by atoms with van der Waals surface area (Å²) in [5, 5.41) is 0. The summed E-state index contributed by atoms with van der Waals surface area (Å²) in [6.07, 6.45) is -0.229. The largest absolute Gasteiger partial charge is 0.460 e. The van der Waals surface area contributed by atoms with E-state index in [0.717, 1.165) is 5.56 Å². The number of Topliss-reactive ketones (excluding diaryl/α,β-unsaturated/α-hetero) is 1. The van der Waals surface area contributed by atoms with Crippen molar-refractivity contribution in [1.82, 2.24) is 4.90 Å². The van der Waals surface area contributed by atoms with Crippen molar-refractivity contribution in [3.63, 3.8) is 0 Å². The molecule has 0 spiro atoms. The first kappa shape index (κ1) is 20.3. The maximum absolute atomic E-state index is 14.3. The molecule has 0 bridgehead atoms. The third-order valence-corrected chi connectivity index (χ3v) is 5.29. The third-order valence-electron chi connectivity index (χ3n) is 5.29. The van der Waals surface area contributed by atoms with Gasteiger partial charge < -0.3 is 9.47 Å². The zero-order valence-corrected chi connectivity index (χ0v) is 17.0. The topological polar surface area (TPSA) is 38.8 Å². The molecule has 30 heavy (non-hydrogen) atoms. The molecule has 0 unspecified atom stereocenters. The van der Waals surface area contributed by atoms with Crippen molar-refractivity contribution >= 4 is 5.78 Å². The first-order chi connectivity index (χ1) is 14.5. The van der Waals surface area contributed by atoms with Crippen molar-refractivity contribution in [2.45, 2.75) is 25.4 Å². The number of carbonyl (C=O) groups is 1. The summed E-state index contributed by atoms with van der Waals surface area (Å²) >= 11 is 0. The number of fused-ring (bicyclic) bond motifs is 1. The molecule has 0 saturated heterocycles. The Kier molecular flexibility index (Phi) is 5.93. The van der Waals surface area contributed by atoms with Gasteiger partial charge in [0, 0.05) is 16.7 Å². The minimum absolute atomic E-state index is 0.00900. The number of likely N-dealkylation sites (N-methyl/N-ethyl adjacent to an activating group) is 1. The van der Waals surface area contributed by atoms with Gasteiger partial charge in [-0.05, 0) is 38.2 Å². The van der Waals surface area contributed by atoms with Crippen LogP contribution in [-0.4, -0.2) is 30.8 Å². The van der Waals surface area contributed by atoms with Gasteiger partial charge in [0.2, 0.25) is 6.29 Å². The summed E-state index contributed by atoms with van der Waals surface area (Å²) < 4.78 is 26.3. The van der Waals surface area contributed by atoms with E-state index in [1.54, 1.807) is 12.1 Å². The van der Waals surface area contributed by atoms with Crippen LogP contribution in [0.4, 0.5) is 4.39 Å². The van der Waals surface area contributed by atoms with E-state index in [-0.39, 0.29) is 18.2 Å². The minimum Gasteiger partial charge on any atom is -0.460 e. The van der Waals surface area contributed by atoms with Crippen molar-refractivity contribution in [1.29, 1.82) is 0 Å². The lowest BCUT2D eigenvalue weighted by Gasteiger charge is -2.30. The molecule has 4 rings (SSSR count). The smallest absolute Gasteiger partial charge is 0.227 e. The number of ketones is 1. The molecule has 0 aliphatic carbocycles. The van der Waals surface area contributed by atoms with Crippen LogP contribution in [0, 0.1) is 5.82 Å². The average molecular weight is 405 g/mol. The molecule has 0 N–H and O–H groups in total. The van der Waals surface area contributed by atoms with E-state index in [9.17, 15) is 9.18 Å². The predicted molar refractivity (Wildman–Crippen MR) is 113 cm³/mol. The number of rotatable bonds is 6. The molecule has 4 nitrogen and oxygen atoms in total. The van der Waals surface area contributed by atoms with Gasteiger partial charge in [0.1, 0.15) is 11.6 Å². The summed E-state index contributed by atoms with van der Waals surface area (Å²) in [4.78, 5) is 15.0. The molecule has 0 saturated carbocycles. The quantitative estimate of drug-likeness (QED) is 0.553. The second-order valence-corrected chi connectivity index (χ2v) is 7.64. The Morgan fingerprint density at radius 2 is 1.73 bits per heavy atom. The van der Waals surface area contributed by atoms with Gasteiger partial charge in [-0.1, -0.05) is 60.7 Å². The lowest BCUT2D eigenvalue weighted by atomic mass is 9.94. The van der Waals surface area contributed by atoms with Gasteiger partial charge in [-0.2, -0.15) is 0 Å². The Morgan fingerprint density at radius 3 is 2.40 bits per heavy atom. The van der Waals surface area contributed by atoms with Crippen LogP contribution < -0.4 is 4.74 Å². The molecule has 154 valence electrons. The zero-order chi connectivity index (χ0) is 21.1. The summed E-state index contributed by atoms with van der Waals surface area (Å²) in [7, 11) is 3.71. The normalized spacial score (nSPS) is 16.6. The molecule has 0 radical (unpaired) electrons. The van der Waals surface area contributed by atoms with Gasteiger partial charge in [0.05, 0.1) is 12.6 Å². The molecule has 5 heteroatoms. The van der Waals surface area contributed by atoms with Crippen molar-refractivity contribution in [3.8, 4) is 5.75 Å². The second-order valence-electron chi connectivity index (χ2n) is 7.64. The summed E-state index contributed by atoms with van der Waals surface area (Å²) in [5.41, 5.74) is 2.84. The molecule has 1 aliphatic heterocycles. The summed E-state index contributed by atoms with van der Waals surface area (Å²) in [6, 6.07) is 21.2. The Labute approximate surface area is 175 Å². The Morgan fingerprint density at radius 1 is 1.07 bits per heavy atom. The Balaban J connectivity index is 1.65. The van der Waals surface area contributed by atoms with Crippen LogP contribution in [0.2, 0.25) is 0 Å². The molecule has 0 amide bonds. The third kappa shape index (κ3) is 4.27. The van der Waals surface area contributed by atoms with Gasteiger partial charge in [-0.3, -0.25) is 9.69 Å². The van der Waals surface area contributed by atoms with E-state index in [4.69, 9.17) is 9.47 Å². The van der Waals surface area contributed by atoms with Crippen LogP contribution in [-0.2, 0) is 17.8 Å². The van der Waals surface area contributed by atoms with E-state index >= 15 is 0 Å². The lowest BCUT2D eigenvalue weighted by Crippen LogP contribution is -2.38. The molecular formula is C25H24FNO3. The van der Waals surface area contributed by atoms with Crippen LogP contribution in [0.1, 0.15) is 33.3 Å². The highest BCUT2D eigenvalue weighted by molar-refractivity contribution is 6.00. The molecule has 1 heterocycles. The van der Waals surface area contributed by atoms with E-state index < -0.39 is 12.3 Å². The van der Waals surface area contributed by atoms with Crippen LogP contribution >= 0.6 is 0 Å². The van der Waals surface area contributed by atoms with Crippen molar-refractivity contribution in [2.24, 2.45) is 0 Å².